The maximum Gasteiger partial charge on any atom is 0.220 e. The van der Waals surface area contributed by atoms with Gasteiger partial charge in [0.15, 0.2) is 0 Å². The van der Waals surface area contributed by atoms with Crippen LogP contribution in [0, 0.1) is 0 Å². The Bertz CT molecular complexity index is 366. The highest BCUT2D eigenvalue weighted by molar-refractivity contribution is 5.73. The topological polar surface area (TPSA) is 32.3 Å². The number of nitrogens with zero attached hydrogens (tertiary/aromatic N) is 1. The molecule has 0 saturated carbocycles. The third-order valence-electron chi connectivity index (χ3n) is 3.03. The Morgan fingerprint density at radius 3 is 2.18 bits per heavy atom. The highest BCUT2D eigenvalue weighted by Crippen LogP contribution is 2.22. The van der Waals surface area contributed by atoms with Crippen LogP contribution in [-0.4, -0.2) is 24.5 Å². The number of anilines is 1. The van der Waals surface area contributed by atoms with E-state index in [-0.39, 0.29) is 5.91 Å². The molecule has 0 aliphatic rings. The number of carbonyl (C=O) groups is 1. The smallest absolute Gasteiger partial charge is 0.220 e. The number of rotatable bonds is 5. The molecule has 1 rings (SSSR count). The van der Waals surface area contributed by atoms with Crippen LogP contribution in [0.5, 0.6) is 0 Å². The lowest BCUT2D eigenvalue weighted by atomic mass is 10.0. The van der Waals surface area contributed by atoms with Gasteiger partial charge in [-0.05, 0) is 24.0 Å². The molecule has 0 radical (unpaired) electrons. The second kappa shape index (κ2) is 6.28. The van der Waals surface area contributed by atoms with Gasteiger partial charge in [-0.25, -0.2) is 0 Å². The van der Waals surface area contributed by atoms with Gasteiger partial charge in [-0.15, -0.1) is 0 Å². The first-order chi connectivity index (χ1) is 8.10. The van der Waals surface area contributed by atoms with Crippen molar-refractivity contribution in [3.05, 3.63) is 29.3 Å². The number of hydrogen-bond donors (Lipinski definition) is 1. The SMILES string of the molecule is CCc1cccc(CC)c1NCN(C)C(C)=O. The minimum Gasteiger partial charge on any atom is -0.367 e. The number of aryl methyl sites for hydroxylation is 2. The number of para-hydroxylation sites is 1. The highest BCUT2D eigenvalue weighted by atomic mass is 16.2. The highest BCUT2D eigenvalue weighted by Gasteiger charge is 2.07. The Morgan fingerprint density at radius 1 is 1.24 bits per heavy atom. The van der Waals surface area contributed by atoms with Crippen molar-refractivity contribution in [1.82, 2.24) is 4.90 Å². The number of carbonyl (C=O) groups excluding carboxylic acids is 1. The summed E-state index contributed by atoms with van der Waals surface area (Å²) in [6, 6.07) is 6.36. The second-order valence-electron chi connectivity index (χ2n) is 4.21. The van der Waals surface area contributed by atoms with Crippen molar-refractivity contribution in [2.45, 2.75) is 33.6 Å². The van der Waals surface area contributed by atoms with Crippen LogP contribution in [0.4, 0.5) is 5.69 Å². The van der Waals surface area contributed by atoms with Gasteiger partial charge in [0.2, 0.25) is 5.91 Å². The number of nitrogens with one attached hydrogen (secondary N) is 1. The van der Waals surface area contributed by atoms with Crippen LogP contribution in [0.1, 0.15) is 31.9 Å². The molecule has 1 N–H and O–H groups in total. The zero-order valence-electron chi connectivity index (χ0n) is 11.2. The third-order valence-corrected chi connectivity index (χ3v) is 3.03. The molecule has 0 bridgehead atoms. The van der Waals surface area contributed by atoms with Crippen molar-refractivity contribution in [1.29, 1.82) is 0 Å². The van der Waals surface area contributed by atoms with Crippen LogP contribution in [0.2, 0.25) is 0 Å². The molecule has 0 heterocycles. The summed E-state index contributed by atoms with van der Waals surface area (Å²) in [6.45, 7) is 6.43. The molecule has 1 aromatic rings. The number of benzene rings is 1. The molecule has 1 amide bonds. The van der Waals surface area contributed by atoms with E-state index in [1.807, 2.05) is 0 Å². The van der Waals surface area contributed by atoms with E-state index in [4.69, 9.17) is 0 Å². The van der Waals surface area contributed by atoms with Gasteiger partial charge >= 0.3 is 0 Å². The third kappa shape index (κ3) is 3.48. The molecule has 0 aliphatic heterocycles. The minimum atomic E-state index is 0.0736. The van der Waals surface area contributed by atoms with Gasteiger partial charge in [0.1, 0.15) is 0 Å². The summed E-state index contributed by atoms with van der Waals surface area (Å²) < 4.78 is 0. The van der Waals surface area contributed by atoms with Crippen LogP contribution < -0.4 is 5.32 Å². The molecule has 1 aromatic carbocycles. The first-order valence-corrected chi connectivity index (χ1v) is 6.16. The Kier molecular flexibility index (Phi) is 5.01. The van der Waals surface area contributed by atoms with E-state index >= 15 is 0 Å². The fraction of sp³-hybridized carbons (Fsp3) is 0.500. The Morgan fingerprint density at radius 2 is 1.76 bits per heavy atom. The van der Waals surface area contributed by atoms with Gasteiger partial charge < -0.3 is 10.2 Å². The first-order valence-electron chi connectivity index (χ1n) is 6.16. The average molecular weight is 234 g/mol. The Labute approximate surface area is 104 Å². The minimum absolute atomic E-state index is 0.0736. The molecule has 3 nitrogen and oxygen atoms in total. The normalized spacial score (nSPS) is 10.1. The molecule has 0 atom stereocenters. The number of hydrogen-bond acceptors (Lipinski definition) is 2. The molecular formula is C14H22N2O. The standard InChI is InChI=1S/C14H22N2O/c1-5-12-8-7-9-13(6-2)14(12)15-10-16(4)11(3)17/h7-9,15H,5-6,10H2,1-4H3. The van der Waals surface area contributed by atoms with Gasteiger partial charge in [-0.3, -0.25) is 4.79 Å². The van der Waals surface area contributed by atoms with E-state index in [9.17, 15) is 4.79 Å². The predicted molar refractivity (Wildman–Crippen MR) is 72.1 cm³/mol. The van der Waals surface area contributed by atoms with Crippen LogP contribution in [-0.2, 0) is 17.6 Å². The van der Waals surface area contributed by atoms with Gasteiger partial charge in [0.05, 0.1) is 6.67 Å². The average Bonchev–Trinajstić information content (AvgIpc) is 2.34. The molecule has 3 heteroatoms. The largest absolute Gasteiger partial charge is 0.367 e. The molecule has 0 aromatic heterocycles. The van der Waals surface area contributed by atoms with E-state index in [2.05, 4.69) is 37.4 Å². The van der Waals surface area contributed by atoms with Crippen molar-refractivity contribution in [2.24, 2.45) is 0 Å². The molecule has 0 aliphatic carbocycles. The Hall–Kier alpha value is -1.51. The van der Waals surface area contributed by atoms with Crippen LogP contribution in [0.15, 0.2) is 18.2 Å². The van der Waals surface area contributed by atoms with Gasteiger partial charge in [0.25, 0.3) is 0 Å². The fourth-order valence-corrected chi connectivity index (χ4v) is 1.78. The quantitative estimate of drug-likeness (QED) is 0.794. The molecule has 94 valence electrons. The fourth-order valence-electron chi connectivity index (χ4n) is 1.78. The van der Waals surface area contributed by atoms with E-state index in [0.29, 0.717) is 6.67 Å². The summed E-state index contributed by atoms with van der Waals surface area (Å²) in [6.07, 6.45) is 2.00. The summed E-state index contributed by atoms with van der Waals surface area (Å²) in [4.78, 5) is 12.8. The number of amides is 1. The zero-order chi connectivity index (χ0) is 12.8. The maximum absolute atomic E-state index is 11.2. The monoisotopic (exact) mass is 234 g/mol. The van der Waals surface area contributed by atoms with E-state index < -0.39 is 0 Å². The van der Waals surface area contributed by atoms with Crippen LogP contribution in [0.25, 0.3) is 0 Å². The van der Waals surface area contributed by atoms with E-state index in [1.54, 1.807) is 18.9 Å². The zero-order valence-corrected chi connectivity index (χ0v) is 11.2. The molecule has 0 fully saturated rings. The van der Waals surface area contributed by atoms with Crippen molar-refractivity contribution in [3.63, 3.8) is 0 Å². The summed E-state index contributed by atoms with van der Waals surface area (Å²) >= 11 is 0. The van der Waals surface area contributed by atoms with E-state index in [1.165, 1.54) is 16.8 Å². The van der Waals surface area contributed by atoms with Crippen molar-refractivity contribution < 1.29 is 4.79 Å². The first kappa shape index (κ1) is 13.6. The molecule has 0 spiro atoms. The van der Waals surface area contributed by atoms with Crippen molar-refractivity contribution in [3.8, 4) is 0 Å². The predicted octanol–water partition coefficient (Wildman–Crippen LogP) is 2.66. The van der Waals surface area contributed by atoms with E-state index in [0.717, 1.165) is 12.8 Å². The lowest BCUT2D eigenvalue weighted by Gasteiger charge is -2.20. The van der Waals surface area contributed by atoms with Gasteiger partial charge in [-0.1, -0.05) is 32.0 Å². The summed E-state index contributed by atoms with van der Waals surface area (Å²) in [5.41, 5.74) is 3.80. The lowest BCUT2D eigenvalue weighted by Crippen LogP contribution is -2.30. The summed E-state index contributed by atoms with van der Waals surface area (Å²) in [5, 5.41) is 3.37. The van der Waals surface area contributed by atoms with Gasteiger partial charge in [-0.2, -0.15) is 0 Å². The summed E-state index contributed by atoms with van der Waals surface area (Å²) in [7, 11) is 1.80. The lowest BCUT2D eigenvalue weighted by molar-refractivity contribution is -0.127. The van der Waals surface area contributed by atoms with Crippen LogP contribution in [0.3, 0.4) is 0 Å². The molecule has 17 heavy (non-hydrogen) atoms. The summed E-state index contributed by atoms with van der Waals surface area (Å²) in [5.74, 6) is 0.0736. The maximum atomic E-state index is 11.2. The van der Waals surface area contributed by atoms with Crippen LogP contribution >= 0.6 is 0 Å². The van der Waals surface area contributed by atoms with Crippen molar-refractivity contribution in [2.75, 3.05) is 19.0 Å². The molecular weight excluding hydrogens is 212 g/mol. The second-order valence-corrected chi connectivity index (χ2v) is 4.21. The van der Waals surface area contributed by atoms with Crippen molar-refractivity contribution >= 4 is 11.6 Å². The molecule has 0 saturated heterocycles. The Balaban J connectivity index is 2.84. The van der Waals surface area contributed by atoms with Gasteiger partial charge in [0, 0.05) is 19.7 Å². The molecule has 0 unspecified atom stereocenters.